The summed E-state index contributed by atoms with van der Waals surface area (Å²) in [6.07, 6.45) is 0. The van der Waals surface area contributed by atoms with E-state index in [2.05, 4.69) is 10.2 Å². The molecule has 0 amide bonds. The molecule has 0 unspecified atom stereocenters. The Morgan fingerprint density at radius 1 is 0.846 bits per heavy atom. The molecule has 0 fully saturated rings. The summed E-state index contributed by atoms with van der Waals surface area (Å²) in [6.45, 7) is 2.74. The van der Waals surface area contributed by atoms with Crippen molar-refractivity contribution < 1.29 is 23.4 Å². The molecular formula is C19H20N2O5. The predicted octanol–water partition coefficient (Wildman–Crippen LogP) is 3.73. The van der Waals surface area contributed by atoms with Crippen molar-refractivity contribution in [3.63, 3.8) is 0 Å². The van der Waals surface area contributed by atoms with Gasteiger partial charge in [0.2, 0.25) is 5.89 Å². The first-order chi connectivity index (χ1) is 12.7. The third kappa shape index (κ3) is 4.05. The van der Waals surface area contributed by atoms with Crippen LogP contribution in [0.4, 0.5) is 0 Å². The van der Waals surface area contributed by atoms with E-state index in [0.29, 0.717) is 35.6 Å². The Kier molecular flexibility index (Phi) is 5.58. The highest BCUT2D eigenvalue weighted by atomic mass is 16.5. The van der Waals surface area contributed by atoms with Crippen molar-refractivity contribution in [1.82, 2.24) is 10.2 Å². The summed E-state index contributed by atoms with van der Waals surface area (Å²) in [4.78, 5) is 0. The zero-order valence-corrected chi connectivity index (χ0v) is 14.9. The third-order valence-corrected chi connectivity index (χ3v) is 3.59. The molecule has 136 valence electrons. The van der Waals surface area contributed by atoms with Gasteiger partial charge in [-0.3, -0.25) is 0 Å². The van der Waals surface area contributed by atoms with Gasteiger partial charge in [0.15, 0.2) is 18.1 Å². The number of hydrogen-bond donors (Lipinski definition) is 0. The molecule has 0 aliphatic carbocycles. The van der Waals surface area contributed by atoms with Crippen molar-refractivity contribution in [2.45, 2.75) is 13.5 Å². The number of benzene rings is 2. The highest BCUT2D eigenvalue weighted by molar-refractivity contribution is 5.59. The lowest BCUT2D eigenvalue weighted by molar-refractivity contribution is 0.263. The molecule has 1 heterocycles. The number of aromatic nitrogens is 2. The second kappa shape index (κ2) is 8.24. The van der Waals surface area contributed by atoms with Crippen LogP contribution in [-0.2, 0) is 6.61 Å². The maximum absolute atomic E-state index is 5.66. The average Bonchev–Trinajstić information content (AvgIpc) is 3.16. The molecule has 7 nitrogen and oxygen atoms in total. The van der Waals surface area contributed by atoms with E-state index in [1.54, 1.807) is 26.4 Å². The molecule has 2 aromatic carbocycles. The van der Waals surface area contributed by atoms with E-state index in [0.717, 1.165) is 11.3 Å². The molecule has 0 bridgehead atoms. The molecule has 3 rings (SSSR count). The van der Waals surface area contributed by atoms with Gasteiger partial charge in [-0.15, -0.1) is 10.2 Å². The van der Waals surface area contributed by atoms with Crippen LogP contribution in [0.15, 0.2) is 46.9 Å². The first-order valence-corrected chi connectivity index (χ1v) is 8.14. The van der Waals surface area contributed by atoms with Gasteiger partial charge >= 0.3 is 0 Å². The SMILES string of the molecule is CCOc1ccc(OCc2nnc(-c3ccc(OC)c(OC)c3)o2)cc1. The summed E-state index contributed by atoms with van der Waals surface area (Å²) in [6, 6.07) is 12.8. The molecule has 0 atom stereocenters. The number of methoxy groups -OCH3 is 2. The van der Waals surface area contributed by atoms with Crippen molar-refractivity contribution in [2.75, 3.05) is 20.8 Å². The summed E-state index contributed by atoms with van der Waals surface area (Å²) in [5.74, 6) is 3.48. The van der Waals surface area contributed by atoms with Gasteiger partial charge in [0.1, 0.15) is 11.5 Å². The summed E-state index contributed by atoms with van der Waals surface area (Å²) < 4.78 is 27.2. The zero-order chi connectivity index (χ0) is 18.4. The number of hydrogen-bond acceptors (Lipinski definition) is 7. The Balaban J connectivity index is 1.66. The lowest BCUT2D eigenvalue weighted by Crippen LogP contribution is -1.96. The molecule has 0 N–H and O–H groups in total. The standard InChI is InChI=1S/C19H20N2O5/c1-4-24-14-6-8-15(9-7-14)25-12-18-20-21-19(26-18)13-5-10-16(22-2)17(11-13)23-3/h5-11H,4,12H2,1-3H3. The fourth-order valence-corrected chi connectivity index (χ4v) is 2.34. The van der Waals surface area contributed by atoms with E-state index < -0.39 is 0 Å². The van der Waals surface area contributed by atoms with Crippen molar-refractivity contribution in [2.24, 2.45) is 0 Å². The van der Waals surface area contributed by atoms with Crippen molar-refractivity contribution >= 4 is 0 Å². The quantitative estimate of drug-likeness (QED) is 0.608. The largest absolute Gasteiger partial charge is 0.494 e. The molecular weight excluding hydrogens is 336 g/mol. The maximum Gasteiger partial charge on any atom is 0.254 e. The van der Waals surface area contributed by atoms with Gasteiger partial charge in [-0.25, -0.2) is 0 Å². The van der Waals surface area contributed by atoms with Gasteiger partial charge in [-0.1, -0.05) is 0 Å². The van der Waals surface area contributed by atoms with E-state index in [-0.39, 0.29) is 6.61 Å². The minimum Gasteiger partial charge on any atom is -0.494 e. The first kappa shape index (κ1) is 17.6. The maximum atomic E-state index is 5.66. The smallest absolute Gasteiger partial charge is 0.254 e. The number of nitrogens with zero attached hydrogens (tertiary/aromatic N) is 2. The predicted molar refractivity (Wildman–Crippen MR) is 94.8 cm³/mol. The zero-order valence-electron chi connectivity index (χ0n) is 14.9. The average molecular weight is 356 g/mol. The normalized spacial score (nSPS) is 10.4. The Morgan fingerprint density at radius 2 is 1.54 bits per heavy atom. The molecule has 0 aliphatic rings. The van der Waals surface area contributed by atoms with Crippen LogP contribution in [0.25, 0.3) is 11.5 Å². The minimum absolute atomic E-state index is 0.175. The molecule has 0 radical (unpaired) electrons. The Labute approximate surface area is 151 Å². The minimum atomic E-state index is 0.175. The van der Waals surface area contributed by atoms with Crippen LogP contribution in [-0.4, -0.2) is 31.0 Å². The molecule has 0 spiro atoms. The van der Waals surface area contributed by atoms with Crippen molar-refractivity contribution in [3.8, 4) is 34.5 Å². The van der Waals surface area contributed by atoms with Crippen LogP contribution in [0.3, 0.4) is 0 Å². The van der Waals surface area contributed by atoms with Crippen LogP contribution >= 0.6 is 0 Å². The molecule has 26 heavy (non-hydrogen) atoms. The second-order valence-electron chi connectivity index (χ2n) is 5.26. The van der Waals surface area contributed by atoms with Crippen LogP contribution in [0.1, 0.15) is 12.8 Å². The van der Waals surface area contributed by atoms with Crippen LogP contribution in [0.2, 0.25) is 0 Å². The molecule has 0 saturated carbocycles. The van der Waals surface area contributed by atoms with Gasteiger partial charge in [0, 0.05) is 5.56 Å². The van der Waals surface area contributed by atoms with Crippen LogP contribution in [0, 0.1) is 0 Å². The third-order valence-electron chi connectivity index (χ3n) is 3.59. The van der Waals surface area contributed by atoms with Gasteiger partial charge in [0.05, 0.1) is 20.8 Å². The Bertz CT molecular complexity index is 845. The fourth-order valence-electron chi connectivity index (χ4n) is 2.34. The fraction of sp³-hybridized carbons (Fsp3) is 0.263. The molecule has 0 aliphatic heterocycles. The summed E-state index contributed by atoms with van der Waals surface area (Å²) in [5.41, 5.74) is 0.738. The van der Waals surface area contributed by atoms with Crippen molar-refractivity contribution in [1.29, 1.82) is 0 Å². The van der Waals surface area contributed by atoms with E-state index in [1.807, 2.05) is 37.3 Å². The van der Waals surface area contributed by atoms with E-state index >= 15 is 0 Å². The lowest BCUT2D eigenvalue weighted by Gasteiger charge is -2.07. The summed E-state index contributed by atoms with van der Waals surface area (Å²) in [5, 5.41) is 8.07. The molecule has 3 aromatic rings. The lowest BCUT2D eigenvalue weighted by atomic mass is 10.2. The van der Waals surface area contributed by atoms with Crippen molar-refractivity contribution in [3.05, 3.63) is 48.4 Å². The topological polar surface area (TPSA) is 75.8 Å². The van der Waals surface area contributed by atoms with Gasteiger partial charge in [-0.05, 0) is 49.4 Å². The molecule has 1 aromatic heterocycles. The van der Waals surface area contributed by atoms with Gasteiger partial charge in [0.25, 0.3) is 5.89 Å². The van der Waals surface area contributed by atoms with Gasteiger partial charge < -0.3 is 23.4 Å². The van der Waals surface area contributed by atoms with E-state index in [1.165, 1.54) is 0 Å². The van der Waals surface area contributed by atoms with E-state index in [9.17, 15) is 0 Å². The summed E-state index contributed by atoms with van der Waals surface area (Å²) >= 11 is 0. The summed E-state index contributed by atoms with van der Waals surface area (Å²) in [7, 11) is 3.16. The number of ether oxygens (including phenoxy) is 4. The van der Waals surface area contributed by atoms with Crippen LogP contribution in [0.5, 0.6) is 23.0 Å². The van der Waals surface area contributed by atoms with E-state index in [4.69, 9.17) is 23.4 Å². The Morgan fingerprint density at radius 3 is 2.19 bits per heavy atom. The van der Waals surface area contributed by atoms with Crippen LogP contribution < -0.4 is 18.9 Å². The monoisotopic (exact) mass is 356 g/mol. The Hall–Kier alpha value is -3.22. The second-order valence-corrected chi connectivity index (χ2v) is 5.26. The molecule has 7 heteroatoms. The number of rotatable bonds is 8. The molecule has 0 saturated heterocycles. The highest BCUT2D eigenvalue weighted by Gasteiger charge is 2.12. The highest BCUT2D eigenvalue weighted by Crippen LogP contribution is 2.31. The first-order valence-electron chi connectivity index (χ1n) is 8.14. The van der Waals surface area contributed by atoms with Gasteiger partial charge in [-0.2, -0.15) is 0 Å².